The molecule has 1 aliphatic carbocycles. The number of nitrogens with zero attached hydrogens (tertiary/aromatic N) is 2. The van der Waals surface area contributed by atoms with E-state index in [9.17, 15) is 18.0 Å². The highest BCUT2D eigenvalue weighted by Gasteiger charge is 2.39. The minimum absolute atomic E-state index is 0.227. The molecule has 8 heteroatoms. The molecule has 1 aliphatic rings. The highest BCUT2D eigenvalue weighted by atomic mass is 19.4. The zero-order valence-electron chi connectivity index (χ0n) is 14.6. The Kier molecular flexibility index (Phi) is 4.93. The lowest BCUT2D eigenvalue weighted by molar-refractivity contribution is -0.142. The van der Waals surface area contributed by atoms with E-state index in [-0.39, 0.29) is 12.1 Å². The Balaban J connectivity index is 1.84. The molecule has 3 rings (SSSR count). The Hall–Kier alpha value is -2.51. The summed E-state index contributed by atoms with van der Waals surface area (Å²) in [6, 6.07) is 5.31. The van der Waals surface area contributed by atoms with Crippen molar-refractivity contribution in [2.45, 2.75) is 45.3 Å². The molecule has 0 unspecified atom stereocenters. The van der Waals surface area contributed by atoms with Crippen molar-refractivity contribution in [3.05, 3.63) is 40.7 Å². The van der Waals surface area contributed by atoms with Crippen molar-refractivity contribution in [1.29, 1.82) is 0 Å². The van der Waals surface area contributed by atoms with Crippen LogP contribution in [0.15, 0.2) is 18.2 Å². The van der Waals surface area contributed by atoms with Gasteiger partial charge in [0.2, 0.25) is 5.91 Å². The Morgan fingerprint density at radius 3 is 2.73 bits per heavy atom. The van der Waals surface area contributed by atoms with Crippen molar-refractivity contribution < 1.29 is 22.7 Å². The SMILES string of the molecule is COc1ccc(C)cc1NC(=O)Cn1nc(C(F)(F)F)c2c1CCCC2. The largest absolute Gasteiger partial charge is 0.495 e. The number of aryl methyl sites for hydroxylation is 1. The van der Waals surface area contributed by atoms with Gasteiger partial charge in [0.1, 0.15) is 12.3 Å². The average Bonchev–Trinajstić information content (AvgIpc) is 2.94. The Morgan fingerprint density at radius 2 is 2.04 bits per heavy atom. The van der Waals surface area contributed by atoms with Crippen molar-refractivity contribution in [2.75, 3.05) is 12.4 Å². The molecule has 1 N–H and O–H groups in total. The van der Waals surface area contributed by atoms with Gasteiger partial charge in [0.05, 0.1) is 12.8 Å². The summed E-state index contributed by atoms with van der Waals surface area (Å²) >= 11 is 0. The number of hydrogen-bond donors (Lipinski definition) is 1. The lowest BCUT2D eigenvalue weighted by Crippen LogP contribution is -2.22. The number of fused-ring (bicyclic) bond motifs is 1. The molecule has 0 aliphatic heterocycles. The summed E-state index contributed by atoms with van der Waals surface area (Å²) < 4.78 is 46.1. The molecule has 0 bridgehead atoms. The van der Waals surface area contributed by atoms with E-state index < -0.39 is 17.8 Å². The third-order valence-electron chi connectivity index (χ3n) is 4.45. The van der Waals surface area contributed by atoms with Crippen molar-refractivity contribution in [3.63, 3.8) is 0 Å². The van der Waals surface area contributed by atoms with Gasteiger partial charge in [-0.2, -0.15) is 18.3 Å². The molecule has 1 aromatic heterocycles. The highest BCUT2D eigenvalue weighted by Crippen LogP contribution is 2.35. The fraction of sp³-hybridized carbons (Fsp3) is 0.444. The summed E-state index contributed by atoms with van der Waals surface area (Å²) in [6.07, 6.45) is -2.17. The lowest BCUT2D eigenvalue weighted by Gasteiger charge is -2.15. The summed E-state index contributed by atoms with van der Waals surface area (Å²) in [4.78, 5) is 12.4. The topological polar surface area (TPSA) is 56.1 Å². The number of carbonyl (C=O) groups excluding carboxylic acids is 1. The molecule has 140 valence electrons. The number of aromatic nitrogens is 2. The number of carbonyl (C=O) groups is 1. The zero-order chi connectivity index (χ0) is 18.9. The maximum Gasteiger partial charge on any atom is 0.435 e. The number of benzene rings is 1. The quantitative estimate of drug-likeness (QED) is 0.896. The van der Waals surface area contributed by atoms with Crippen molar-refractivity contribution in [2.24, 2.45) is 0 Å². The fourth-order valence-electron chi connectivity index (χ4n) is 3.27. The normalized spacial score (nSPS) is 14.0. The van der Waals surface area contributed by atoms with Crippen LogP contribution < -0.4 is 10.1 Å². The third kappa shape index (κ3) is 3.68. The third-order valence-corrected chi connectivity index (χ3v) is 4.45. The van der Waals surface area contributed by atoms with Crippen LogP contribution in [0, 0.1) is 6.92 Å². The Bertz CT molecular complexity index is 828. The standard InChI is InChI=1S/C18H20F3N3O2/c1-11-7-8-15(26-2)13(9-11)22-16(25)10-24-14-6-4-3-5-12(14)17(23-24)18(19,20)21/h7-9H,3-6,10H2,1-2H3,(H,22,25). The first-order valence-electron chi connectivity index (χ1n) is 8.40. The molecular formula is C18H20F3N3O2. The van der Waals surface area contributed by atoms with Crippen LogP contribution in [0.25, 0.3) is 0 Å². The fourth-order valence-corrected chi connectivity index (χ4v) is 3.27. The number of amides is 1. The number of nitrogens with one attached hydrogen (secondary N) is 1. The van der Waals surface area contributed by atoms with Gasteiger partial charge in [0.15, 0.2) is 5.69 Å². The van der Waals surface area contributed by atoms with Gasteiger partial charge in [0, 0.05) is 11.3 Å². The van der Waals surface area contributed by atoms with Crippen LogP contribution in [0.3, 0.4) is 0 Å². The van der Waals surface area contributed by atoms with Crippen LogP contribution >= 0.6 is 0 Å². The molecule has 26 heavy (non-hydrogen) atoms. The highest BCUT2D eigenvalue weighted by molar-refractivity contribution is 5.92. The molecule has 0 spiro atoms. The lowest BCUT2D eigenvalue weighted by atomic mass is 9.95. The van der Waals surface area contributed by atoms with Crippen LogP contribution in [0.1, 0.15) is 35.4 Å². The molecule has 0 radical (unpaired) electrons. The number of ether oxygens (including phenoxy) is 1. The van der Waals surface area contributed by atoms with Gasteiger partial charge < -0.3 is 10.1 Å². The maximum atomic E-state index is 13.2. The summed E-state index contributed by atoms with van der Waals surface area (Å²) in [7, 11) is 1.49. The second-order valence-electron chi connectivity index (χ2n) is 6.39. The van der Waals surface area contributed by atoms with Gasteiger partial charge in [-0.1, -0.05) is 6.07 Å². The second kappa shape index (κ2) is 7.01. The van der Waals surface area contributed by atoms with Crippen LogP contribution in [0.5, 0.6) is 5.75 Å². The smallest absolute Gasteiger partial charge is 0.435 e. The molecule has 1 heterocycles. The second-order valence-corrected chi connectivity index (χ2v) is 6.39. The first-order chi connectivity index (χ1) is 12.3. The molecular weight excluding hydrogens is 347 g/mol. The number of alkyl halides is 3. The van der Waals surface area contributed by atoms with Gasteiger partial charge >= 0.3 is 6.18 Å². The molecule has 0 saturated heterocycles. The van der Waals surface area contributed by atoms with Gasteiger partial charge in [0.25, 0.3) is 0 Å². The monoisotopic (exact) mass is 367 g/mol. The van der Waals surface area contributed by atoms with Crippen LogP contribution in [-0.4, -0.2) is 22.8 Å². The van der Waals surface area contributed by atoms with Gasteiger partial charge in [-0.05, 0) is 50.3 Å². The van der Waals surface area contributed by atoms with E-state index >= 15 is 0 Å². The molecule has 2 aromatic rings. The molecule has 0 atom stereocenters. The van der Waals surface area contributed by atoms with E-state index in [1.54, 1.807) is 12.1 Å². The molecule has 1 amide bonds. The predicted molar refractivity (Wildman–Crippen MR) is 90.2 cm³/mol. The Morgan fingerprint density at radius 1 is 1.31 bits per heavy atom. The van der Waals surface area contributed by atoms with E-state index in [0.29, 0.717) is 36.4 Å². The van der Waals surface area contributed by atoms with Gasteiger partial charge in [-0.3, -0.25) is 9.48 Å². The molecule has 0 fully saturated rings. The molecule has 5 nitrogen and oxygen atoms in total. The first-order valence-corrected chi connectivity index (χ1v) is 8.40. The van der Waals surface area contributed by atoms with Crippen molar-refractivity contribution >= 4 is 11.6 Å². The zero-order valence-corrected chi connectivity index (χ0v) is 14.6. The predicted octanol–water partition coefficient (Wildman–Crippen LogP) is 3.74. The van der Waals surface area contributed by atoms with Crippen molar-refractivity contribution in [3.8, 4) is 5.75 Å². The van der Waals surface area contributed by atoms with Crippen molar-refractivity contribution in [1.82, 2.24) is 9.78 Å². The van der Waals surface area contributed by atoms with Crippen LogP contribution in [0.2, 0.25) is 0 Å². The van der Waals surface area contributed by atoms with Gasteiger partial charge in [-0.15, -0.1) is 0 Å². The molecule has 0 saturated carbocycles. The summed E-state index contributed by atoms with van der Waals surface area (Å²) in [5, 5.41) is 6.40. The van der Waals surface area contributed by atoms with Crippen LogP contribution in [-0.2, 0) is 30.4 Å². The number of methoxy groups -OCH3 is 1. The minimum atomic E-state index is -4.51. The average molecular weight is 367 g/mol. The number of rotatable bonds is 4. The van der Waals surface area contributed by atoms with E-state index in [4.69, 9.17) is 4.74 Å². The number of halogens is 3. The first kappa shape index (κ1) is 18.3. The maximum absolute atomic E-state index is 13.2. The minimum Gasteiger partial charge on any atom is -0.495 e. The Labute approximate surface area is 149 Å². The van der Waals surface area contributed by atoms with E-state index in [1.807, 2.05) is 13.0 Å². The van der Waals surface area contributed by atoms with E-state index in [0.717, 1.165) is 12.0 Å². The summed E-state index contributed by atoms with van der Waals surface area (Å²) in [5.41, 5.74) is 1.28. The number of hydrogen-bond acceptors (Lipinski definition) is 3. The van der Waals surface area contributed by atoms with Gasteiger partial charge in [-0.25, -0.2) is 0 Å². The number of anilines is 1. The van der Waals surface area contributed by atoms with E-state index in [2.05, 4.69) is 10.4 Å². The molecule has 1 aromatic carbocycles. The summed E-state index contributed by atoms with van der Waals surface area (Å²) in [5.74, 6) is 0.0425. The summed E-state index contributed by atoms with van der Waals surface area (Å²) in [6.45, 7) is 1.60. The van der Waals surface area contributed by atoms with E-state index in [1.165, 1.54) is 11.8 Å². The van der Waals surface area contributed by atoms with Crippen LogP contribution in [0.4, 0.5) is 18.9 Å².